The highest BCUT2D eigenvalue weighted by atomic mass is 28.4. The summed E-state index contributed by atoms with van der Waals surface area (Å²) in [5.41, 5.74) is 0.916. The molecule has 4 aromatic rings. The lowest BCUT2D eigenvalue weighted by molar-refractivity contribution is -0.146. The molecule has 4 atom stereocenters. The van der Waals surface area contributed by atoms with Gasteiger partial charge in [0.2, 0.25) is 8.41 Å². The molecule has 1 amide bonds. The fourth-order valence-electron chi connectivity index (χ4n) is 7.48. The lowest BCUT2D eigenvalue weighted by Gasteiger charge is -2.31. The summed E-state index contributed by atoms with van der Waals surface area (Å²) in [6.45, 7) is 5.91. The molecule has 47 heavy (non-hydrogen) atoms. The highest BCUT2D eigenvalue weighted by molar-refractivity contribution is 6.72. The fourth-order valence-corrected chi connectivity index (χ4v) is 10.0. The quantitative estimate of drug-likeness (QED) is 0.100. The third kappa shape index (κ3) is 5.82. The number of aliphatic hydroxyl groups excluding tert-OH is 1. The molecule has 4 heterocycles. The predicted molar refractivity (Wildman–Crippen MR) is 176 cm³/mol. The molecule has 1 spiro atoms. The molecule has 2 N–H and O–H groups in total. The molecule has 2 aliphatic rings. The minimum atomic E-state index is -3.41. The molecule has 12 nitrogen and oxygen atoms in total. The molecule has 0 saturated carbocycles. The lowest BCUT2D eigenvalue weighted by Crippen LogP contribution is -2.45. The number of benzene rings is 2. The van der Waals surface area contributed by atoms with E-state index >= 15 is 4.11 Å². The number of hydrogen-bond acceptors (Lipinski definition) is 8. The van der Waals surface area contributed by atoms with E-state index in [2.05, 4.69) is 15.4 Å². The first-order valence-electron chi connectivity index (χ1n) is 16.1. The number of hydrogen-bond donors (Lipinski definition) is 2. The lowest BCUT2D eigenvalue weighted by atomic mass is 9.82. The van der Waals surface area contributed by atoms with Gasteiger partial charge in [-0.2, -0.15) is 0 Å². The SMILES string of the molecule is COC(=O)CCCCN1C(=O)[C@]2(O[C@H](CCn3cc(CCO)nn3)[C@@H]([Si](C)(C)F)[C@@H]2C)c2cc(-n3[nH]c4ccccc4c3=O)ccc21. The number of fused-ring (bicyclic) bond motifs is 3. The van der Waals surface area contributed by atoms with E-state index in [9.17, 15) is 19.5 Å². The number of para-hydroxylation sites is 1. The van der Waals surface area contributed by atoms with Crippen LogP contribution in [0.15, 0.2) is 53.5 Å². The Labute approximate surface area is 272 Å². The maximum absolute atomic E-state index is 16.3. The molecule has 1 fully saturated rings. The van der Waals surface area contributed by atoms with E-state index in [1.54, 1.807) is 47.1 Å². The molecule has 14 heteroatoms. The van der Waals surface area contributed by atoms with Gasteiger partial charge >= 0.3 is 5.97 Å². The Morgan fingerprint density at radius 2 is 1.96 bits per heavy atom. The Hall–Kier alpha value is -4.14. The zero-order chi connectivity index (χ0) is 33.5. The van der Waals surface area contributed by atoms with Crippen molar-refractivity contribution in [2.24, 2.45) is 5.92 Å². The molecule has 6 rings (SSSR count). The second kappa shape index (κ2) is 12.8. The molecule has 250 valence electrons. The molecule has 0 bridgehead atoms. The van der Waals surface area contributed by atoms with Crippen molar-refractivity contribution in [1.82, 2.24) is 24.8 Å². The molecular weight excluding hydrogens is 623 g/mol. The first-order valence-corrected chi connectivity index (χ1v) is 19.0. The van der Waals surface area contributed by atoms with Crippen LogP contribution in [0.2, 0.25) is 18.6 Å². The van der Waals surface area contributed by atoms with Crippen molar-refractivity contribution >= 4 is 36.9 Å². The number of aryl methyl sites for hydroxylation is 1. The van der Waals surface area contributed by atoms with Gasteiger partial charge in [-0.3, -0.25) is 24.2 Å². The maximum atomic E-state index is 16.3. The average Bonchev–Trinajstić information content (AvgIpc) is 3.78. The molecular formula is C33H41FN6O6Si. The summed E-state index contributed by atoms with van der Waals surface area (Å²) in [4.78, 5) is 41.5. The third-order valence-electron chi connectivity index (χ3n) is 9.63. The minimum absolute atomic E-state index is 0.0402. The first-order chi connectivity index (χ1) is 22.5. The number of rotatable bonds is 12. The van der Waals surface area contributed by atoms with Crippen LogP contribution in [0.5, 0.6) is 0 Å². The zero-order valence-corrected chi connectivity index (χ0v) is 28.1. The molecule has 2 aliphatic heterocycles. The number of carbonyl (C=O) groups is 2. The van der Waals surface area contributed by atoms with Gasteiger partial charge in [0.05, 0.1) is 41.2 Å². The van der Waals surface area contributed by atoms with E-state index in [0.29, 0.717) is 72.3 Å². The van der Waals surface area contributed by atoms with Gasteiger partial charge in [0.25, 0.3) is 11.5 Å². The van der Waals surface area contributed by atoms with Crippen molar-refractivity contribution in [2.75, 3.05) is 25.2 Å². The highest BCUT2D eigenvalue weighted by Crippen LogP contribution is 2.60. The van der Waals surface area contributed by atoms with E-state index in [4.69, 9.17) is 9.47 Å². The van der Waals surface area contributed by atoms with Crippen LogP contribution in [-0.2, 0) is 37.6 Å². The number of aromatic amines is 1. The van der Waals surface area contributed by atoms with Crippen molar-refractivity contribution in [2.45, 2.75) is 75.9 Å². The van der Waals surface area contributed by atoms with E-state index in [-0.39, 0.29) is 30.5 Å². The van der Waals surface area contributed by atoms with Crippen molar-refractivity contribution in [3.05, 3.63) is 70.3 Å². The second-order valence-electron chi connectivity index (χ2n) is 13.0. The summed E-state index contributed by atoms with van der Waals surface area (Å²) in [7, 11) is -2.06. The van der Waals surface area contributed by atoms with E-state index < -0.39 is 31.6 Å². The topological polar surface area (TPSA) is 145 Å². The normalized spacial score (nSPS) is 22.5. The number of aromatic nitrogens is 5. The standard InChI is InChI=1S/C33H41FN6O6Si/c1-21-30(47(3,4)34)28(14-17-38-20-22(15-18-41)35-37-38)46-33(21)25-19-23(40-31(43)24-9-5-6-10-26(24)36-40)12-13-27(25)39(32(33)44)16-8-7-11-29(42)45-2/h5-6,9-10,12-13,19-21,28,30,36,41H,7-8,11,14-18H2,1-4H3/t21-,28+,30-,33+/m0/s1. The van der Waals surface area contributed by atoms with Crippen LogP contribution in [0, 0.1) is 5.92 Å². The molecule has 0 radical (unpaired) electrons. The number of carbonyl (C=O) groups excluding carboxylic acids is 2. The molecule has 0 aliphatic carbocycles. The third-order valence-corrected chi connectivity index (χ3v) is 12.1. The Balaban J connectivity index is 1.40. The number of nitrogens with one attached hydrogen (secondary N) is 1. The van der Waals surface area contributed by atoms with Crippen molar-refractivity contribution in [1.29, 1.82) is 0 Å². The molecule has 2 aromatic heterocycles. The number of esters is 1. The monoisotopic (exact) mass is 664 g/mol. The van der Waals surface area contributed by atoms with Gasteiger partial charge in [0, 0.05) is 55.8 Å². The van der Waals surface area contributed by atoms with Gasteiger partial charge in [-0.25, -0.2) is 4.68 Å². The second-order valence-corrected chi connectivity index (χ2v) is 16.8. The number of ether oxygens (including phenoxy) is 2. The number of anilines is 1. The van der Waals surface area contributed by atoms with Crippen LogP contribution in [0.3, 0.4) is 0 Å². The van der Waals surface area contributed by atoms with Gasteiger partial charge in [0.15, 0.2) is 5.60 Å². The number of methoxy groups -OCH3 is 1. The van der Waals surface area contributed by atoms with Gasteiger partial charge in [-0.05, 0) is 62.7 Å². The summed E-state index contributed by atoms with van der Waals surface area (Å²) < 4.78 is 31.1. The highest BCUT2D eigenvalue weighted by Gasteiger charge is 2.66. The molecule has 0 unspecified atom stereocenters. The zero-order valence-electron chi connectivity index (χ0n) is 27.1. The van der Waals surface area contributed by atoms with E-state index in [1.165, 1.54) is 11.8 Å². The van der Waals surface area contributed by atoms with E-state index in [0.717, 1.165) is 0 Å². The van der Waals surface area contributed by atoms with Crippen LogP contribution in [0.1, 0.15) is 43.9 Å². The van der Waals surface area contributed by atoms with Gasteiger partial charge < -0.3 is 23.6 Å². The number of H-pyrrole nitrogens is 1. The first kappa shape index (κ1) is 32.8. The Kier molecular flexibility index (Phi) is 8.93. The summed E-state index contributed by atoms with van der Waals surface area (Å²) in [6.07, 6.45) is 3.28. The predicted octanol–water partition coefficient (Wildman–Crippen LogP) is 4.00. The van der Waals surface area contributed by atoms with Crippen LogP contribution in [0.25, 0.3) is 16.6 Å². The number of unbranched alkanes of at least 4 members (excludes halogenated alkanes) is 1. The van der Waals surface area contributed by atoms with Crippen LogP contribution < -0.4 is 10.5 Å². The van der Waals surface area contributed by atoms with Crippen molar-refractivity contribution in [3.8, 4) is 5.69 Å². The van der Waals surface area contributed by atoms with Crippen LogP contribution in [0.4, 0.5) is 9.80 Å². The number of halogens is 1. The van der Waals surface area contributed by atoms with Gasteiger partial charge in [-0.1, -0.05) is 24.3 Å². The minimum Gasteiger partial charge on any atom is -0.469 e. The fraction of sp³-hybridized carbons (Fsp3) is 0.485. The number of amides is 1. The maximum Gasteiger partial charge on any atom is 0.305 e. The van der Waals surface area contributed by atoms with Crippen LogP contribution in [-0.4, -0.2) is 76.5 Å². The summed E-state index contributed by atoms with van der Waals surface area (Å²) in [5.74, 6) is -1.09. The van der Waals surface area contributed by atoms with Gasteiger partial charge in [-0.15, -0.1) is 5.10 Å². The average molecular weight is 665 g/mol. The van der Waals surface area contributed by atoms with Crippen molar-refractivity contribution in [3.63, 3.8) is 0 Å². The molecule has 1 saturated heterocycles. The van der Waals surface area contributed by atoms with Crippen molar-refractivity contribution < 1.29 is 28.3 Å². The number of aliphatic hydroxyl groups is 1. The number of nitrogens with zero attached hydrogens (tertiary/aromatic N) is 5. The molecule has 2 aromatic carbocycles. The Morgan fingerprint density at radius 1 is 1.17 bits per heavy atom. The van der Waals surface area contributed by atoms with Gasteiger partial charge in [0.1, 0.15) is 0 Å². The summed E-state index contributed by atoms with van der Waals surface area (Å²) in [6, 6.07) is 12.7. The largest absolute Gasteiger partial charge is 0.469 e. The Bertz CT molecular complexity index is 1850. The summed E-state index contributed by atoms with van der Waals surface area (Å²) >= 11 is 0. The Morgan fingerprint density at radius 3 is 2.68 bits per heavy atom. The summed E-state index contributed by atoms with van der Waals surface area (Å²) in [5, 5.41) is 21.2. The van der Waals surface area contributed by atoms with Crippen LogP contribution >= 0.6 is 0 Å². The van der Waals surface area contributed by atoms with E-state index in [1.807, 2.05) is 31.2 Å². The smallest absolute Gasteiger partial charge is 0.305 e.